The molecule has 23 heavy (non-hydrogen) atoms. The molecule has 0 fully saturated rings. The van der Waals surface area contributed by atoms with Crippen molar-refractivity contribution in [3.05, 3.63) is 44.8 Å². The fraction of sp³-hybridized carbons (Fsp3) is 0.267. The van der Waals surface area contributed by atoms with Crippen LogP contribution in [0.25, 0.3) is 0 Å². The molecule has 8 heteroatoms. The van der Waals surface area contributed by atoms with Gasteiger partial charge in [-0.2, -0.15) is 0 Å². The minimum absolute atomic E-state index is 0.218. The van der Waals surface area contributed by atoms with E-state index in [-0.39, 0.29) is 12.3 Å². The zero-order valence-corrected chi connectivity index (χ0v) is 14.3. The molecule has 2 unspecified atom stereocenters. The van der Waals surface area contributed by atoms with E-state index in [1.54, 1.807) is 11.6 Å². The molecule has 2 N–H and O–H groups in total. The van der Waals surface area contributed by atoms with Crippen LogP contribution in [0.1, 0.15) is 23.0 Å². The van der Waals surface area contributed by atoms with Crippen LogP contribution in [0.5, 0.6) is 5.75 Å². The first-order chi connectivity index (χ1) is 11.0. The Bertz CT molecular complexity index is 735. The van der Waals surface area contributed by atoms with Crippen molar-refractivity contribution >= 4 is 39.1 Å². The SMILES string of the molecule is O=C(O)CC(NC(=O)C1Cc2cc(Br)ccc2O1)c1nccs1. The summed E-state index contributed by atoms with van der Waals surface area (Å²) in [5.74, 6) is -0.652. The maximum atomic E-state index is 12.4. The Morgan fingerprint density at radius 1 is 1.52 bits per heavy atom. The van der Waals surface area contributed by atoms with Crippen LogP contribution in [0.3, 0.4) is 0 Å². The van der Waals surface area contributed by atoms with Gasteiger partial charge in [-0.1, -0.05) is 15.9 Å². The minimum atomic E-state index is -0.995. The van der Waals surface area contributed by atoms with Crippen molar-refractivity contribution in [3.63, 3.8) is 0 Å². The number of hydrogen-bond donors (Lipinski definition) is 2. The monoisotopic (exact) mass is 396 g/mol. The van der Waals surface area contributed by atoms with Crippen LogP contribution in [-0.2, 0) is 16.0 Å². The molecule has 2 aromatic rings. The van der Waals surface area contributed by atoms with E-state index in [2.05, 4.69) is 26.2 Å². The lowest BCUT2D eigenvalue weighted by Crippen LogP contribution is -2.40. The third-order valence-corrected chi connectivity index (χ3v) is 4.82. The maximum Gasteiger partial charge on any atom is 0.305 e. The summed E-state index contributed by atoms with van der Waals surface area (Å²) in [5, 5.41) is 14.1. The van der Waals surface area contributed by atoms with Crippen molar-refractivity contribution < 1.29 is 19.4 Å². The largest absolute Gasteiger partial charge is 0.481 e. The highest BCUT2D eigenvalue weighted by Crippen LogP contribution is 2.31. The molecule has 2 heterocycles. The summed E-state index contributed by atoms with van der Waals surface area (Å²) < 4.78 is 6.57. The summed E-state index contributed by atoms with van der Waals surface area (Å²) in [6.07, 6.45) is 1.17. The second-order valence-corrected chi connectivity index (χ2v) is 6.93. The lowest BCUT2D eigenvalue weighted by Gasteiger charge is -2.17. The highest BCUT2D eigenvalue weighted by atomic mass is 79.9. The quantitative estimate of drug-likeness (QED) is 0.810. The van der Waals surface area contributed by atoms with E-state index in [1.807, 2.05) is 18.2 Å². The highest BCUT2D eigenvalue weighted by Gasteiger charge is 2.31. The Hall–Kier alpha value is -1.93. The number of aromatic nitrogens is 1. The van der Waals surface area contributed by atoms with Crippen molar-refractivity contribution in [3.8, 4) is 5.75 Å². The number of carboxylic acids is 1. The topological polar surface area (TPSA) is 88.5 Å². The Morgan fingerprint density at radius 3 is 3.04 bits per heavy atom. The number of rotatable bonds is 5. The number of benzene rings is 1. The first kappa shape index (κ1) is 15.9. The van der Waals surface area contributed by atoms with E-state index in [0.717, 1.165) is 10.0 Å². The van der Waals surface area contributed by atoms with E-state index in [4.69, 9.17) is 9.84 Å². The van der Waals surface area contributed by atoms with Gasteiger partial charge >= 0.3 is 5.97 Å². The Balaban J connectivity index is 1.70. The molecule has 0 saturated carbocycles. The molecule has 1 aromatic heterocycles. The van der Waals surface area contributed by atoms with Crippen LogP contribution in [0.2, 0.25) is 0 Å². The van der Waals surface area contributed by atoms with Crippen LogP contribution in [0.4, 0.5) is 0 Å². The van der Waals surface area contributed by atoms with Gasteiger partial charge in [-0.25, -0.2) is 4.98 Å². The number of halogens is 1. The van der Waals surface area contributed by atoms with Crippen molar-refractivity contribution in [1.82, 2.24) is 10.3 Å². The van der Waals surface area contributed by atoms with Gasteiger partial charge in [0.2, 0.25) is 0 Å². The number of nitrogens with zero attached hydrogens (tertiary/aromatic N) is 1. The van der Waals surface area contributed by atoms with Gasteiger partial charge in [0.1, 0.15) is 10.8 Å². The Morgan fingerprint density at radius 2 is 2.35 bits per heavy atom. The van der Waals surface area contributed by atoms with E-state index < -0.39 is 18.1 Å². The molecule has 1 amide bonds. The number of hydrogen-bond acceptors (Lipinski definition) is 5. The van der Waals surface area contributed by atoms with Crippen LogP contribution in [-0.4, -0.2) is 28.1 Å². The Kier molecular flexibility index (Phi) is 4.63. The summed E-state index contributed by atoms with van der Waals surface area (Å²) >= 11 is 4.70. The lowest BCUT2D eigenvalue weighted by atomic mass is 10.1. The first-order valence-electron chi connectivity index (χ1n) is 6.89. The minimum Gasteiger partial charge on any atom is -0.481 e. The van der Waals surface area contributed by atoms with Crippen molar-refractivity contribution in [1.29, 1.82) is 0 Å². The highest BCUT2D eigenvalue weighted by molar-refractivity contribution is 9.10. The number of ether oxygens (including phenoxy) is 1. The molecular weight excluding hydrogens is 384 g/mol. The predicted octanol–water partition coefficient (Wildman–Crippen LogP) is 2.54. The van der Waals surface area contributed by atoms with Crippen LogP contribution in [0.15, 0.2) is 34.2 Å². The van der Waals surface area contributed by atoms with Gasteiger partial charge in [0, 0.05) is 22.5 Å². The van der Waals surface area contributed by atoms with E-state index in [9.17, 15) is 9.59 Å². The molecule has 3 rings (SSSR count). The fourth-order valence-corrected chi connectivity index (χ4v) is 3.51. The summed E-state index contributed by atoms with van der Waals surface area (Å²) in [4.78, 5) is 27.5. The van der Waals surface area contributed by atoms with Gasteiger partial charge in [-0.15, -0.1) is 11.3 Å². The van der Waals surface area contributed by atoms with Crippen LogP contribution in [0, 0.1) is 0 Å². The molecule has 2 atom stereocenters. The van der Waals surface area contributed by atoms with Crippen LogP contribution >= 0.6 is 27.3 Å². The third kappa shape index (κ3) is 3.70. The summed E-state index contributed by atoms with van der Waals surface area (Å²) in [5.41, 5.74) is 0.948. The van der Waals surface area contributed by atoms with Crippen molar-refractivity contribution in [2.24, 2.45) is 0 Å². The average molecular weight is 397 g/mol. The third-order valence-electron chi connectivity index (χ3n) is 3.43. The number of carboxylic acid groups (broad SMARTS) is 1. The molecule has 1 aromatic carbocycles. The molecule has 6 nitrogen and oxygen atoms in total. The predicted molar refractivity (Wildman–Crippen MR) is 87.5 cm³/mol. The summed E-state index contributed by atoms with van der Waals surface area (Å²) in [6, 6.07) is 4.92. The molecule has 1 aliphatic rings. The second kappa shape index (κ2) is 6.67. The van der Waals surface area contributed by atoms with Gasteiger partial charge in [-0.05, 0) is 23.8 Å². The Labute approximate surface area is 144 Å². The van der Waals surface area contributed by atoms with Crippen LogP contribution < -0.4 is 10.1 Å². The number of fused-ring (bicyclic) bond motifs is 1. The smallest absolute Gasteiger partial charge is 0.305 e. The number of nitrogens with one attached hydrogen (secondary N) is 1. The van der Waals surface area contributed by atoms with E-state index in [1.165, 1.54) is 11.3 Å². The molecular formula is C15H13BrN2O4S. The second-order valence-electron chi connectivity index (χ2n) is 5.09. The van der Waals surface area contributed by atoms with E-state index >= 15 is 0 Å². The van der Waals surface area contributed by atoms with Crippen molar-refractivity contribution in [2.45, 2.75) is 25.0 Å². The van der Waals surface area contributed by atoms with Gasteiger partial charge in [0.05, 0.1) is 12.5 Å². The molecule has 0 aliphatic carbocycles. The fourth-order valence-electron chi connectivity index (χ4n) is 2.41. The molecule has 0 radical (unpaired) electrons. The van der Waals surface area contributed by atoms with Gasteiger partial charge in [0.25, 0.3) is 5.91 Å². The number of aliphatic carboxylic acids is 1. The number of thiazole rings is 1. The zero-order chi connectivity index (χ0) is 16.4. The molecule has 0 saturated heterocycles. The zero-order valence-electron chi connectivity index (χ0n) is 11.9. The maximum absolute atomic E-state index is 12.4. The number of amides is 1. The average Bonchev–Trinajstić information content (AvgIpc) is 3.14. The van der Waals surface area contributed by atoms with Gasteiger partial charge in [-0.3, -0.25) is 9.59 Å². The molecule has 0 bridgehead atoms. The van der Waals surface area contributed by atoms with Gasteiger partial charge < -0.3 is 15.2 Å². The lowest BCUT2D eigenvalue weighted by molar-refractivity contribution is -0.138. The molecule has 120 valence electrons. The molecule has 0 spiro atoms. The summed E-state index contributed by atoms with van der Waals surface area (Å²) in [6.45, 7) is 0. The summed E-state index contributed by atoms with van der Waals surface area (Å²) in [7, 11) is 0. The normalized spacial score (nSPS) is 17.2. The van der Waals surface area contributed by atoms with Crippen molar-refractivity contribution in [2.75, 3.05) is 0 Å². The first-order valence-corrected chi connectivity index (χ1v) is 8.57. The van der Waals surface area contributed by atoms with E-state index in [0.29, 0.717) is 17.2 Å². The standard InChI is InChI=1S/C15H13BrN2O4S/c16-9-1-2-11-8(5-9)6-12(22-11)14(21)18-10(7-13(19)20)15-17-3-4-23-15/h1-5,10,12H,6-7H2,(H,18,21)(H,19,20). The molecule has 1 aliphatic heterocycles. The van der Waals surface area contributed by atoms with Gasteiger partial charge in [0.15, 0.2) is 6.10 Å². The number of carbonyl (C=O) groups is 2. The number of carbonyl (C=O) groups excluding carboxylic acids is 1.